The van der Waals surface area contributed by atoms with Crippen LogP contribution >= 0.6 is 0 Å². The Morgan fingerprint density at radius 1 is 1.14 bits per heavy atom. The Balaban J connectivity index is 1.56. The first-order chi connectivity index (χ1) is 10.7. The van der Waals surface area contributed by atoms with Gasteiger partial charge in [0.05, 0.1) is 6.10 Å². The van der Waals surface area contributed by atoms with Gasteiger partial charge < -0.3 is 19.1 Å². The molecule has 0 saturated heterocycles. The average Bonchev–Trinajstić information content (AvgIpc) is 2.60. The second kappa shape index (κ2) is 6.90. The highest BCUT2D eigenvalue weighted by Gasteiger charge is 2.35. The van der Waals surface area contributed by atoms with Crippen molar-refractivity contribution in [3.63, 3.8) is 0 Å². The number of ether oxygens (including phenoxy) is 3. The number of allylic oxidation sites excluding steroid dienone is 2. The SMILES string of the molecule is COC1CCC(N(C)C(=O)C2COC3=C(CCCC3)O2)CC1. The smallest absolute Gasteiger partial charge is 0.267 e. The van der Waals surface area contributed by atoms with E-state index in [4.69, 9.17) is 14.2 Å². The van der Waals surface area contributed by atoms with Gasteiger partial charge in [-0.3, -0.25) is 4.79 Å². The lowest BCUT2D eigenvalue weighted by molar-refractivity contribution is -0.149. The van der Waals surface area contributed by atoms with Gasteiger partial charge in [0.1, 0.15) is 18.1 Å². The summed E-state index contributed by atoms with van der Waals surface area (Å²) in [7, 11) is 3.66. The first kappa shape index (κ1) is 15.7. The summed E-state index contributed by atoms with van der Waals surface area (Å²) in [6.45, 7) is 0.357. The molecule has 22 heavy (non-hydrogen) atoms. The van der Waals surface area contributed by atoms with E-state index in [0.717, 1.165) is 62.9 Å². The summed E-state index contributed by atoms with van der Waals surface area (Å²) in [5.41, 5.74) is 0. The van der Waals surface area contributed by atoms with Crippen molar-refractivity contribution in [1.82, 2.24) is 4.90 Å². The van der Waals surface area contributed by atoms with Crippen molar-refractivity contribution < 1.29 is 19.0 Å². The molecule has 0 radical (unpaired) electrons. The average molecular weight is 309 g/mol. The summed E-state index contributed by atoms with van der Waals surface area (Å²) in [5.74, 6) is 1.93. The van der Waals surface area contributed by atoms with Gasteiger partial charge in [-0.25, -0.2) is 0 Å². The molecule has 1 aliphatic heterocycles. The van der Waals surface area contributed by atoms with Crippen LogP contribution in [0, 0.1) is 0 Å². The zero-order chi connectivity index (χ0) is 15.5. The largest absolute Gasteiger partial charge is 0.490 e. The molecule has 3 aliphatic rings. The highest BCUT2D eigenvalue weighted by Crippen LogP contribution is 2.32. The minimum absolute atomic E-state index is 0.0537. The number of carbonyl (C=O) groups excluding carboxylic acids is 1. The molecule has 5 nitrogen and oxygen atoms in total. The Morgan fingerprint density at radius 3 is 2.50 bits per heavy atom. The number of carbonyl (C=O) groups is 1. The molecule has 1 amide bonds. The predicted octanol–water partition coefficient (Wildman–Crippen LogP) is 2.60. The number of amides is 1. The van der Waals surface area contributed by atoms with Crippen LogP contribution in [0.2, 0.25) is 0 Å². The fourth-order valence-electron chi connectivity index (χ4n) is 3.71. The first-order valence-corrected chi connectivity index (χ1v) is 8.50. The van der Waals surface area contributed by atoms with E-state index in [2.05, 4.69) is 0 Å². The van der Waals surface area contributed by atoms with Crippen molar-refractivity contribution in [3.05, 3.63) is 11.5 Å². The summed E-state index contributed by atoms with van der Waals surface area (Å²) in [6.07, 6.45) is 8.07. The van der Waals surface area contributed by atoms with Crippen LogP contribution in [0.5, 0.6) is 0 Å². The normalized spacial score (nSPS) is 31.8. The van der Waals surface area contributed by atoms with Gasteiger partial charge >= 0.3 is 0 Å². The third-order valence-corrected chi connectivity index (χ3v) is 5.21. The quantitative estimate of drug-likeness (QED) is 0.804. The van der Waals surface area contributed by atoms with E-state index in [1.54, 1.807) is 7.11 Å². The molecular weight excluding hydrogens is 282 g/mol. The summed E-state index contributed by atoms with van der Waals surface area (Å²) >= 11 is 0. The molecule has 3 rings (SSSR count). The fraction of sp³-hybridized carbons (Fsp3) is 0.824. The standard InChI is InChI=1S/C17H27NO4/c1-18(12-7-9-13(20-2)10-8-12)17(19)16-11-21-14-5-3-4-6-15(14)22-16/h12-13,16H,3-11H2,1-2H3. The second-order valence-electron chi connectivity index (χ2n) is 6.59. The van der Waals surface area contributed by atoms with Crippen molar-refractivity contribution in [2.45, 2.75) is 69.6 Å². The summed E-state index contributed by atoms with van der Waals surface area (Å²) in [4.78, 5) is 14.6. The van der Waals surface area contributed by atoms with E-state index in [1.165, 1.54) is 0 Å². The van der Waals surface area contributed by atoms with Crippen LogP contribution in [0.25, 0.3) is 0 Å². The van der Waals surface area contributed by atoms with E-state index in [-0.39, 0.29) is 5.91 Å². The molecule has 0 bridgehead atoms. The van der Waals surface area contributed by atoms with Gasteiger partial charge in [0.2, 0.25) is 6.10 Å². The van der Waals surface area contributed by atoms with Crippen LogP contribution < -0.4 is 0 Å². The lowest BCUT2D eigenvalue weighted by Crippen LogP contribution is -2.48. The van der Waals surface area contributed by atoms with Gasteiger partial charge in [-0.2, -0.15) is 0 Å². The topological polar surface area (TPSA) is 48.0 Å². The Hall–Kier alpha value is -1.23. The van der Waals surface area contributed by atoms with E-state index >= 15 is 0 Å². The van der Waals surface area contributed by atoms with Gasteiger partial charge in [-0.15, -0.1) is 0 Å². The molecule has 0 spiro atoms. The molecule has 1 unspecified atom stereocenters. The zero-order valence-electron chi connectivity index (χ0n) is 13.7. The molecule has 0 aromatic carbocycles. The predicted molar refractivity (Wildman–Crippen MR) is 82.1 cm³/mol. The molecule has 0 aromatic rings. The molecule has 1 saturated carbocycles. The molecule has 1 fully saturated rings. The molecule has 1 heterocycles. The number of nitrogens with zero attached hydrogens (tertiary/aromatic N) is 1. The van der Waals surface area contributed by atoms with E-state index < -0.39 is 6.10 Å². The summed E-state index contributed by atoms with van der Waals surface area (Å²) in [6, 6.07) is 0.296. The van der Waals surface area contributed by atoms with Crippen LogP contribution in [0.15, 0.2) is 11.5 Å². The zero-order valence-corrected chi connectivity index (χ0v) is 13.7. The van der Waals surface area contributed by atoms with Gasteiger partial charge in [-0.05, 0) is 38.5 Å². The van der Waals surface area contributed by atoms with Crippen molar-refractivity contribution in [1.29, 1.82) is 0 Å². The maximum atomic E-state index is 12.7. The lowest BCUT2D eigenvalue weighted by atomic mass is 9.92. The maximum Gasteiger partial charge on any atom is 0.267 e. The number of hydrogen-bond acceptors (Lipinski definition) is 4. The molecule has 124 valence electrons. The van der Waals surface area contributed by atoms with Crippen molar-refractivity contribution >= 4 is 5.91 Å². The van der Waals surface area contributed by atoms with Gasteiger partial charge in [0.15, 0.2) is 0 Å². The lowest BCUT2D eigenvalue weighted by Gasteiger charge is -2.37. The Bertz CT molecular complexity index is 440. The van der Waals surface area contributed by atoms with E-state index in [1.807, 2.05) is 11.9 Å². The van der Waals surface area contributed by atoms with Crippen LogP contribution in [0.1, 0.15) is 51.4 Å². The number of methoxy groups -OCH3 is 1. The second-order valence-corrected chi connectivity index (χ2v) is 6.59. The minimum atomic E-state index is -0.470. The Morgan fingerprint density at radius 2 is 1.82 bits per heavy atom. The first-order valence-electron chi connectivity index (χ1n) is 8.50. The van der Waals surface area contributed by atoms with Gasteiger partial charge in [0, 0.05) is 33.0 Å². The monoisotopic (exact) mass is 309 g/mol. The molecular formula is C17H27NO4. The summed E-state index contributed by atoms with van der Waals surface area (Å²) in [5, 5.41) is 0. The van der Waals surface area contributed by atoms with Crippen LogP contribution in [0.3, 0.4) is 0 Å². The highest BCUT2D eigenvalue weighted by molar-refractivity contribution is 5.81. The van der Waals surface area contributed by atoms with E-state index in [9.17, 15) is 4.79 Å². The van der Waals surface area contributed by atoms with Crippen molar-refractivity contribution in [2.75, 3.05) is 20.8 Å². The number of hydrogen-bond donors (Lipinski definition) is 0. The van der Waals surface area contributed by atoms with Gasteiger partial charge in [-0.1, -0.05) is 0 Å². The van der Waals surface area contributed by atoms with Crippen LogP contribution in [-0.4, -0.2) is 49.8 Å². The fourth-order valence-corrected chi connectivity index (χ4v) is 3.71. The van der Waals surface area contributed by atoms with Crippen molar-refractivity contribution in [3.8, 4) is 0 Å². The highest BCUT2D eigenvalue weighted by atomic mass is 16.6. The Kier molecular flexibility index (Phi) is 4.91. The van der Waals surface area contributed by atoms with Crippen LogP contribution in [0.4, 0.5) is 0 Å². The number of rotatable bonds is 3. The molecule has 5 heteroatoms. The molecule has 1 atom stereocenters. The third kappa shape index (κ3) is 3.24. The number of likely N-dealkylation sites (N-methyl/N-ethyl adjacent to an activating group) is 1. The maximum absolute atomic E-state index is 12.7. The van der Waals surface area contributed by atoms with Crippen LogP contribution in [-0.2, 0) is 19.0 Å². The molecule has 2 aliphatic carbocycles. The van der Waals surface area contributed by atoms with Crippen molar-refractivity contribution in [2.24, 2.45) is 0 Å². The Labute approximate surface area is 132 Å². The van der Waals surface area contributed by atoms with Gasteiger partial charge in [0.25, 0.3) is 5.91 Å². The molecule has 0 aromatic heterocycles. The minimum Gasteiger partial charge on any atom is -0.490 e. The van der Waals surface area contributed by atoms with E-state index in [0.29, 0.717) is 18.8 Å². The summed E-state index contributed by atoms with van der Waals surface area (Å²) < 4.78 is 17.1. The third-order valence-electron chi connectivity index (χ3n) is 5.21. The molecule has 0 N–H and O–H groups in total.